The van der Waals surface area contributed by atoms with E-state index in [0.29, 0.717) is 17.1 Å². The lowest BCUT2D eigenvalue weighted by Crippen LogP contribution is -2.29. The first-order valence-corrected chi connectivity index (χ1v) is 9.33. The molecule has 0 spiro atoms. The molecular formula is C18H21NO5S. The SMILES string of the molecule is COc1ccc(S(=O)(=O)CCNC(=O)c2ccccc2C)cc1OC. The second kappa shape index (κ2) is 8.02. The van der Waals surface area contributed by atoms with Crippen molar-refractivity contribution in [3.05, 3.63) is 53.6 Å². The average Bonchev–Trinajstić information content (AvgIpc) is 2.61. The molecule has 2 aromatic rings. The van der Waals surface area contributed by atoms with Crippen LogP contribution in [0.5, 0.6) is 11.5 Å². The number of carbonyl (C=O) groups excluding carboxylic acids is 1. The first kappa shape index (κ1) is 18.8. The molecule has 0 bridgehead atoms. The van der Waals surface area contributed by atoms with E-state index in [9.17, 15) is 13.2 Å². The van der Waals surface area contributed by atoms with Gasteiger partial charge < -0.3 is 14.8 Å². The van der Waals surface area contributed by atoms with Crippen molar-refractivity contribution < 1.29 is 22.7 Å². The minimum Gasteiger partial charge on any atom is -0.493 e. The highest BCUT2D eigenvalue weighted by Gasteiger charge is 2.18. The van der Waals surface area contributed by atoms with Gasteiger partial charge in [0.15, 0.2) is 21.3 Å². The molecule has 0 fully saturated rings. The first-order valence-electron chi connectivity index (χ1n) is 7.67. The van der Waals surface area contributed by atoms with E-state index in [4.69, 9.17) is 9.47 Å². The van der Waals surface area contributed by atoms with E-state index in [-0.39, 0.29) is 23.1 Å². The monoisotopic (exact) mass is 363 g/mol. The molecule has 134 valence electrons. The zero-order valence-corrected chi connectivity index (χ0v) is 15.2. The predicted octanol–water partition coefficient (Wildman–Crippen LogP) is 2.22. The number of methoxy groups -OCH3 is 2. The van der Waals surface area contributed by atoms with E-state index < -0.39 is 9.84 Å². The Kier molecular flexibility index (Phi) is 6.03. The fourth-order valence-corrected chi connectivity index (χ4v) is 3.52. The number of benzene rings is 2. The Morgan fingerprint density at radius 1 is 1.04 bits per heavy atom. The van der Waals surface area contributed by atoms with Crippen molar-refractivity contribution in [2.75, 3.05) is 26.5 Å². The van der Waals surface area contributed by atoms with Crippen LogP contribution in [0.1, 0.15) is 15.9 Å². The highest BCUT2D eigenvalue weighted by Crippen LogP contribution is 2.29. The van der Waals surface area contributed by atoms with Crippen molar-refractivity contribution in [1.29, 1.82) is 0 Å². The van der Waals surface area contributed by atoms with Crippen molar-refractivity contribution in [1.82, 2.24) is 5.32 Å². The molecule has 7 heteroatoms. The summed E-state index contributed by atoms with van der Waals surface area (Å²) >= 11 is 0. The third kappa shape index (κ3) is 4.51. The average molecular weight is 363 g/mol. The number of carbonyl (C=O) groups is 1. The molecule has 0 radical (unpaired) electrons. The number of rotatable bonds is 7. The first-order chi connectivity index (χ1) is 11.9. The molecule has 25 heavy (non-hydrogen) atoms. The van der Waals surface area contributed by atoms with Crippen LogP contribution < -0.4 is 14.8 Å². The summed E-state index contributed by atoms with van der Waals surface area (Å²) in [7, 11) is -0.636. The summed E-state index contributed by atoms with van der Waals surface area (Å²) in [4.78, 5) is 12.2. The quantitative estimate of drug-likeness (QED) is 0.816. The lowest BCUT2D eigenvalue weighted by Gasteiger charge is -2.11. The Morgan fingerprint density at radius 2 is 1.72 bits per heavy atom. The standard InChI is InChI=1S/C18H21NO5S/c1-13-6-4-5-7-15(13)18(20)19-10-11-25(21,22)14-8-9-16(23-2)17(12-14)24-3/h4-9,12H,10-11H2,1-3H3,(H,19,20). The van der Waals surface area contributed by atoms with Crippen LogP contribution in [0.25, 0.3) is 0 Å². The summed E-state index contributed by atoms with van der Waals surface area (Å²) in [5.41, 5.74) is 1.37. The van der Waals surface area contributed by atoms with Crippen LogP contribution in [0.3, 0.4) is 0 Å². The number of aryl methyl sites for hydroxylation is 1. The highest BCUT2D eigenvalue weighted by molar-refractivity contribution is 7.91. The number of amides is 1. The molecule has 0 saturated carbocycles. The van der Waals surface area contributed by atoms with Gasteiger partial charge in [-0.05, 0) is 30.7 Å². The number of hydrogen-bond acceptors (Lipinski definition) is 5. The van der Waals surface area contributed by atoms with E-state index in [0.717, 1.165) is 5.56 Å². The number of sulfone groups is 1. The maximum Gasteiger partial charge on any atom is 0.251 e. The lowest BCUT2D eigenvalue weighted by atomic mass is 10.1. The molecule has 2 rings (SSSR count). The predicted molar refractivity (Wildman–Crippen MR) is 95.1 cm³/mol. The minimum atomic E-state index is -3.56. The van der Waals surface area contributed by atoms with E-state index in [2.05, 4.69) is 5.32 Å². The van der Waals surface area contributed by atoms with Crippen molar-refractivity contribution in [3.63, 3.8) is 0 Å². The molecule has 0 unspecified atom stereocenters. The summed E-state index contributed by atoms with van der Waals surface area (Å²) in [5.74, 6) is 0.294. The van der Waals surface area contributed by atoms with E-state index in [1.807, 2.05) is 19.1 Å². The van der Waals surface area contributed by atoms with Gasteiger partial charge in [-0.3, -0.25) is 4.79 Å². The number of ether oxygens (including phenoxy) is 2. The molecule has 0 atom stereocenters. The van der Waals surface area contributed by atoms with Crippen LogP contribution in [0.15, 0.2) is 47.4 Å². The second-order valence-corrected chi connectivity index (χ2v) is 7.52. The molecule has 2 aromatic carbocycles. The fraction of sp³-hybridized carbons (Fsp3) is 0.278. The third-order valence-electron chi connectivity index (χ3n) is 3.76. The third-order valence-corrected chi connectivity index (χ3v) is 5.47. The van der Waals surface area contributed by atoms with Gasteiger partial charge in [-0.15, -0.1) is 0 Å². The summed E-state index contributed by atoms with van der Waals surface area (Å²) in [5, 5.41) is 2.64. The molecule has 0 aliphatic heterocycles. The van der Waals surface area contributed by atoms with Crippen molar-refractivity contribution in [3.8, 4) is 11.5 Å². The largest absolute Gasteiger partial charge is 0.493 e. The smallest absolute Gasteiger partial charge is 0.251 e. The Morgan fingerprint density at radius 3 is 2.36 bits per heavy atom. The maximum atomic E-state index is 12.4. The summed E-state index contributed by atoms with van der Waals surface area (Å²) < 4.78 is 35.1. The van der Waals surface area contributed by atoms with Gasteiger partial charge in [0.2, 0.25) is 0 Å². The molecule has 1 N–H and O–H groups in total. The molecule has 0 aliphatic rings. The molecule has 0 aliphatic carbocycles. The van der Waals surface area contributed by atoms with E-state index >= 15 is 0 Å². The zero-order chi connectivity index (χ0) is 18.4. The van der Waals surface area contributed by atoms with Gasteiger partial charge in [0, 0.05) is 18.2 Å². The van der Waals surface area contributed by atoms with Crippen LogP contribution in [-0.4, -0.2) is 40.8 Å². The van der Waals surface area contributed by atoms with Crippen LogP contribution >= 0.6 is 0 Å². The van der Waals surface area contributed by atoms with E-state index in [1.54, 1.807) is 12.1 Å². The fourth-order valence-electron chi connectivity index (χ4n) is 2.35. The maximum absolute atomic E-state index is 12.4. The Hall–Kier alpha value is -2.54. The highest BCUT2D eigenvalue weighted by atomic mass is 32.2. The zero-order valence-electron chi connectivity index (χ0n) is 14.4. The molecule has 0 saturated heterocycles. The molecular weight excluding hydrogens is 342 g/mol. The summed E-state index contributed by atoms with van der Waals surface area (Å²) in [6, 6.07) is 11.5. The Balaban J connectivity index is 2.05. The number of hydrogen-bond donors (Lipinski definition) is 1. The Labute approximate surface area is 147 Å². The van der Waals surface area contributed by atoms with E-state index in [1.165, 1.54) is 32.4 Å². The van der Waals surface area contributed by atoms with Crippen molar-refractivity contribution >= 4 is 15.7 Å². The minimum absolute atomic E-state index is 0.0177. The summed E-state index contributed by atoms with van der Waals surface area (Å²) in [6.07, 6.45) is 0. The molecule has 0 aromatic heterocycles. The van der Waals surface area contributed by atoms with Crippen LogP contribution in [-0.2, 0) is 9.84 Å². The van der Waals surface area contributed by atoms with Crippen LogP contribution in [0, 0.1) is 6.92 Å². The van der Waals surface area contributed by atoms with Gasteiger partial charge in [0.05, 0.1) is 24.9 Å². The molecule has 1 amide bonds. The van der Waals surface area contributed by atoms with Crippen molar-refractivity contribution in [2.24, 2.45) is 0 Å². The van der Waals surface area contributed by atoms with Gasteiger partial charge >= 0.3 is 0 Å². The molecule has 0 heterocycles. The van der Waals surface area contributed by atoms with Gasteiger partial charge in [-0.2, -0.15) is 0 Å². The van der Waals surface area contributed by atoms with Crippen LogP contribution in [0.4, 0.5) is 0 Å². The lowest BCUT2D eigenvalue weighted by molar-refractivity contribution is 0.0955. The van der Waals surface area contributed by atoms with Gasteiger partial charge in [-0.25, -0.2) is 8.42 Å². The van der Waals surface area contributed by atoms with Crippen molar-refractivity contribution in [2.45, 2.75) is 11.8 Å². The molecule has 6 nitrogen and oxygen atoms in total. The normalized spacial score (nSPS) is 11.0. The second-order valence-electron chi connectivity index (χ2n) is 5.41. The number of nitrogens with one attached hydrogen (secondary N) is 1. The summed E-state index contributed by atoms with van der Waals surface area (Å²) in [6.45, 7) is 1.85. The Bertz CT molecular complexity index is 862. The van der Waals surface area contributed by atoms with Gasteiger partial charge in [-0.1, -0.05) is 18.2 Å². The van der Waals surface area contributed by atoms with Gasteiger partial charge in [0.1, 0.15) is 0 Å². The van der Waals surface area contributed by atoms with Gasteiger partial charge in [0.25, 0.3) is 5.91 Å². The van der Waals surface area contributed by atoms with Crippen LogP contribution in [0.2, 0.25) is 0 Å². The topological polar surface area (TPSA) is 81.7 Å².